The molecule has 1 N–H and O–H groups in total. The Labute approximate surface area is 160 Å². The minimum atomic E-state index is -1.84. The van der Waals surface area contributed by atoms with Gasteiger partial charge in [0, 0.05) is 18.2 Å². The van der Waals surface area contributed by atoms with Crippen LogP contribution in [0.4, 0.5) is 10.1 Å². The van der Waals surface area contributed by atoms with E-state index in [1.54, 1.807) is 36.3 Å². The van der Waals surface area contributed by atoms with Crippen LogP contribution in [0.3, 0.4) is 0 Å². The number of amides is 1. The number of rotatable bonds is 5. The molecule has 28 heavy (non-hydrogen) atoms. The van der Waals surface area contributed by atoms with Crippen molar-refractivity contribution in [3.05, 3.63) is 78.1 Å². The molecule has 0 saturated carbocycles. The lowest BCUT2D eigenvalue weighted by Gasteiger charge is -2.23. The zero-order valence-electron chi connectivity index (χ0n) is 15.2. The van der Waals surface area contributed by atoms with Gasteiger partial charge in [0.2, 0.25) is 0 Å². The largest absolute Gasteiger partial charge is 0.375 e. The Morgan fingerprint density at radius 3 is 2.89 bits per heavy atom. The van der Waals surface area contributed by atoms with Crippen molar-refractivity contribution in [1.82, 2.24) is 20.0 Å². The molecule has 3 aromatic rings. The normalized spacial score (nSPS) is 18.4. The molecule has 1 aromatic carbocycles. The number of benzene rings is 1. The molecule has 4 rings (SSSR count). The SMILES string of the molecule is C=C(C)C[C@@]1(O)C(=O)N(Cc2cn(-c3cccnc3)nn2)c2ccc(F)cc21. The smallest absolute Gasteiger partial charge is 0.264 e. The highest BCUT2D eigenvalue weighted by atomic mass is 19.1. The lowest BCUT2D eigenvalue weighted by molar-refractivity contribution is -0.136. The van der Waals surface area contributed by atoms with Crippen LogP contribution < -0.4 is 4.90 Å². The molecule has 1 amide bonds. The molecule has 1 aliphatic heterocycles. The molecule has 0 spiro atoms. The summed E-state index contributed by atoms with van der Waals surface area (Å²) in [4.78, 5) is 18.5. The van der Waals surface area contributed by atoms with Gasteiger partial charge in [0.25, 0.3) is 5.91 Å². The van der Waals surface area contributed by atoms with Crippen LogP contribution >= 0.6 is 0 Å². The molecule has 1 atom stereocenters. The number of hydrogen-bond donors (Lipinski definition) is 1. The van der Waals surface area contributed by atoms with E-state index in [0.717, 1.165) is 5.69 Å². The molecule has 3 heterocycles. The Hall–Kier alpha value is -3.39. The van der Waals surface area contributed by atoms with Crippen LogP contribution in [-0.4, -0.2) is 31.0 Å². The number of anilines is 1. The van der Waals surface area contributed by atoms with Gasteiger partial charge in [0.05, 0.1) is 30.3 Å². The summed E-state index contributed by atoms with van der Waals surface area (Å²) in [5, 5.41) is 19.2. The first-order valence-electron chi connectivity index (χ1n) is 8.69. The van der Waals surface area contributed by atoms with Crippen molar-refractivity contribution in [1.29, 1.82) is 0 Å². The quantitative estimate of drug-likeness (QED) is 0.689. The third-order valence-electron chi connectivity index (χ3n) is 4.62. The van der Waals surface area contributed by atoms with Gasteiger partial charge in [-0.15, -0.1) is 11.7 Å². The second-order valence-electron chi connectivity index (χ2n) is 6.91. The van der Waals surface area contributed by atoms with Gasteiger partial charge in [-0.05, 0) is 37.3 Å². The third kappa shape index (κ3) is 2.97. The summed E-state index contributed by atoms with van der Waals surface area (Å²) in [6, 6.07) is 7.56. The number of fused-ring (bicyclic) bond motifs is 1. The highest BCUT2D eigenvalue weighted by Gasteiger charge is 2.49. The molecule has 0 fully saturated rings. The summed E-state index contributed by atoms with van der Waals surface area (Å²) >= 11 is 0. The molecular formula is C20H18FN5O2. The van der Waals surface area contributed by atoms with E-state index in [4.69, 9.17) is 0 Å². The van der Waals surface area contributed by atoms with Crippen molar-refractivity contribution in [2.24, 2.45) is 0 Å². The second kappa shape index (κ2) is 6.65. The maximum absolute atomic E-state index is 13.8. The average molecular weight is 379 g/mol. The van der Waals surface area contributed by atoms with Gasteiger partial charge in [-0.2, -0.15) is 0 Å². The van der Waals surface area contributed by atoms with Crippen molar-refractivity contribution in [3.8, 4) is 5.69 Å². The number of pyridine rings is 1. The van der Waals surface area contributed by atoms with E-state index in [1.807, 2.05) is 6.07 Å². The summed E-state index contributed by atoms with van der Waals surface area (Å²) in [6.07, 6.45) is 5.00. The maximum Gasteiger partial charge on any atom is 0.264 e. The van der Waals surface area contributed by atoms with Crippen LogP contribution in [0.2, 0.25) is 0 Å². The number of halogens is 1. The van der Waals surface area contributed by atoms with Crippen LogP contribution in [0.1, 0.15) is 24.6 Å². The molecule has 0 saturated heterocycles. The van der Waals surface area contributed by atoms with E-state index < -0.39 is 17.3 Å². The minimum absolute atomic E-state index is 0.0150. The molecule has 0 unspecified atom stereocenters. The Kier molecular flexibility index (Phi) is 4.27. The average Bonchev–Trinajstić information content (AvgIpc) is 3.21. The lowest BCUT2D eigenvalue weighted by Crippen LogP contribution is -2.40. The predicted octanol–water partition coefficient (Wildman–Crippen LogP) is 2.50. The zero-order chi connectivity index (χ0) is 19.9. The summed E-state index contributed by atoms with van der Waals surface area (Å²) in [5.41, 5.74) is 0.715. The van der Waals surface area contributed by atoms with Crippen molar-refractivity contribution in [2.75, 3.05) is 4.90 Å². The monoisotopic (exact) mass is 379 g/mol. The van der Waals surface area contributed by atoms with Crippen molar-refractivity contribution >= 4 is 11.6 Å². The molecule has 1 aliphatic rings. The first-order valence-corrected chi connectivity index (χ1v) is 8.69. The van der Waals surface area contributed by atoms with Gasteiger partial charge in [0.15, 0.2) is 5.60 Å². The molecule has 8 heteroatoms. The number of carbonyl (C=O) groups is 1. The number of carbonyl (C=O) groups excluding carboxylic acids is 1. The first kappa shape index (κ1) is 18.0. The first-order chi connectivity index (χ1) is 13.4. The van der Waals surface area contributed by atoms with Crippen LogP contribution in [-0.2, 0) is 16.9 Å². The number of nitrogens with zero attached hydrogens (tertiary/aromatic N) is 5. The lowest BCUT2D eigenvalue weighted by atomic mass is 9.89. The van der Waals surface area contributed by atoms with Gasteiger partial charge in [-0.3, -0.25) is 9.78 Å². The van der Waals surface area contributed by atoms with E-state index in [9.17, 15) is 14.3 Å². The molecule has 142 valence electrons. The van der Waals surface area contributed by atoms with Crippen LogP contribution in [0.25, 0.3) is 5.69 Å². The van der Waals surface area contributed by atoms with E-state index in [0.29, 0.717) is 17.0 Å². The zero-order valence-corrected chi connectivity index (χ0v) is 15.2. The fourth-order valence-electron chi connectivity index (χ4n) is 3.44. The van der Waals surface area contributed by atoms with Crippen molar-refractivity contribution < 1.29 is 14.3 Å². The van der Waals surface area contributed by atoms with Gasteiger partial charge in [-0.1, -0.05) is 10.8 Å². The number of hydrogen-bond acceptors (Lipinski definition) is 5. The van der Waals surface area contributed by atoms with Gasteiger partial charge >= 0.3 is 0 Å². The van der Waals surface area contributed by atoms with Gasteiger partial charge in [-0.25, -0.2) is 9.07 Å². The molecule has 2 aromatic heterocycles. The second-order valence-corrected chi connectivity index (χ2v) is 6.91. The predicted molar refractivity (Wildman–Crippen MR) is 100 cm³/mol. The van der Waals surface area contributed by atoms with E-state index in [2.05, 4.69) is 21.9 Å². The number of aliphatic hydroxyl groups is 1. The fourth-order valence-corrected chi connectivity index (χ4v) is 3.44. The van der Waals surface area contributed by atoms with Crippen molar-refractivity contribution in [2.45, 2.75) is 25.5 Å². The molecule has 0 radical (unpaired) electrons. The molecular weight excluding hydrogens is 361 g/mol. The van der Waals surface area contributed by atoms with Crippen molar-refractivity contribution in [3.63, 3.8) is 0 Å². The van der Waals surface area contributed by atoms with E-state index >= 15 is 0 Å². The topological polar surface area (TPSA) is 84.1 Å². The van der Waals surface area contributed by atoms with Gasteiger partial charge in [0.1, 0.15) is 11.5 Å². The van der Waals surface area contributed by atoms with E-state index in [1.165, 1.54) is 23.1 Å². The Bertz CT molecular complexity index is 1070. The summed E-state index contributed by atoms with van der Waals surface area (Å²) in [7, 11) is 0. The van der Waals surface area contributed by atoms with Crippen LogP contribution in [0.15, 0.2) is 61.1 Å². The summed E-state index contributed by atoms with van der Waals surface area (Å²) < 4.78 is 15.4. The standard InChI is InChI=1S/C20H18FN5O2/c1-13(2)9-20(28)17-8-14(21)5-6-18(17)25(19(20)27)11-15-12-26(24-23-15)16-4-3-7-22-10-16/h3-8,10,12,28H,1,9,11H2,2H3/t20-/m0/s1. The minimum Gasteiger partial charge on any atom is -0.375 e. The Morgan fingerprint density at radius 1 is 1.36 bits per heavy atom. The Balaban J connectivity index is 1.68. The van der Waals surface area contributed by atoms with Crippen LogP contribution in [0.5, 0.6) is 0 Å². The Morgan fingerprint density at radius 2 is 2.18 bits per heavy atom. The third-order valence-corrected chi connectivity index (χ3v) is 4.62. The fraction of sp³-hybridized carbons (Fsp3) is 0.200. The summed E-state index contributed by atoms with van der Waals surface area (Å²) in [6.45, 7) is 5.59. The molecule has 7 nitrogen and oxygen atoms in total. The van der Waals surface area contributed by atoms with Gasteiger partial charge < -0.3 is 10.0 Å². The molecule has 0 aliphatic carbocycles. The van der Waals surface area contributed by atoms with Crippen LogP contribution in [0, 0.1) is 5.82 Å². The number of aromatic nitrogens is 4. The summed E-state index contributed by atoms with van der Waals surface area (Å²) in [5.74, 6) is -1.05. The van der Waals surface area contributed by atoms with E-state index in [-0.39, 0.29) is 18.5 Å². The molecule has 0 bridgehead atoms. The highest BCUT2D eigenvalue weighted by molar-refractivity contribution is 6.06. The maximum atomic E-state index is 13.8. The highest BCUT2D eigenvalue weighted by Crippen LogP contribution is 2.44.